The standard InChI is InChI=1S/C12H20N4O/c1-11-9-13-5-8-16(11)12(17)3-2-6-15-7-4-14-10-15/h4,7,10-11,13H,2-3,5-6,8-9H2,1H3. The first-order valence-electron chi connectivity index (χ1n) is 6.23. The topological polar surface area (TPSA) is 50.2 Å². The maximum atomic E-state index is 12.0. The molecule has 2 heterocycles. The van der Waals surface area contributed by atoms with Crippen LogP contribution in [0.3, 0.4) is 0 Å². The van der Waals surface area contributed by atoms with Crippen LogP contribution in [0.4, 0.5) is 0 Å². The molecule has 2 rings (SSSR count). The first-order valence-corrected chi connectivity index (χ1v) is 6.23. The second-order valence-corrected chi connectivity index (χ2v) is 4.54. The number of rotatable bonds is 4. The Balaban J connectivity index is 1.73. The maximum Gasteiger partial charge on any atom is 0.222 e. The van der Waals surface area contributed by atoms with Crippen LogP contribution in [0.1, 0.15) is 19.8 Å². The van der Waals surface area contributed by atoms with Crippen molar-refractivity contribution in [3.63, 3.8) is 0 Å². The number of aromatic nitrogens is 2. The fraction of sp³-hybridized carbons (Fsp3) is 0.667. The van der Waals surface area contributed by atoms with Gasteiger partial charge in [0.1, 0.15) is 0 Å². The molecule has 1 saturated heterocycles. The summed E-state index contributed by atoms with van der Waals surface area (Å²) in [7, 11) is 0. The molecule has 5 nitrogen and oxygen atoms in total. The zero-order valence-corrected chi connectivity index (χ0v) is 10.3. The largest absolute Gasteiger partial charge is 0.337 e. The average Bonchev–Trinajstić information content (AvgIpc) is 2.82. The molecule has 1 fully saturated rings. The number of amides is 1. The lowest BCUT2D eigenvalue weighted by atomic mass is 10.2. The number of piperazine rings is 1. The summed E-state index contributed by atoms with van der Waals surface area (Å²) in [6.07, 6.45) is 6.99. The molecule has 1 aliphatic heterocycles. The Morgan fingerprint density at radius 3 is 3.18 bits per heavy atom. The predicted molar refractivity (Wildman–Crippen MR) is 65.5 cm³/mol. The van der Waals surface area contributed by atoms with E-state index >= 15 is 0 Å². The van der Waals surface area contributed by atoms with E-state index in [0.29, 0.717) is 12.5 Å². The first kappa shape index (κ1) is 12.1. The molecule has 1 amide bonds. The van der Waals surface area contributed by atoms with E-state index in [1.54, 1.807) is 12.5 Å². The van der Waals surface area contributed by atoms with Crippen molar-refractivity contribution in [3.05, 3.63) is 18.7 Å². The van der Waals surface area contributed by atoms with Gasteiger partial charge in [-0.05, 0) is 13.3 Å². The highest BCUT2D eigenvalue weighted by Gasteiger charge is 2.21. The molecule has 1 aliphatic rings. The number of hydrogen-bond acceptors (Lipinski definition) is 3. The van der Waals surface area contributed by atoms with E-state index in [9.17, 15) is 4.79 Å². The summed E-state index contributed by atoms with van der Waals surface area (Å²) in [6, 6.07) is 0.324. The fourth-order valence-electron chi connectivity index (χ4n) is 2.19. The van der Waals surface area contributed by atoms with E-state index in [0.717, 1.165) is 32.6 Å². The number of carbonyl (C=O) groups excluding carboxylic acids is 1. The van der Waals surface area contributed by atoms with Gasteiger partial charge in [0.05, 0.1) is 6.33 Å². The zero-order chi connectivity index (χ0) is 12.1. The molecular weight excluding hydrogens is 216 g/mol. The van der Waals surface area contributed by atoms with Gasteiger partial charge in [0.25, 0.3) is 0 Å². The monoisotopic (exact) mass is 236 g/mol. The number of nitrogens with zero attached hydrogens (tertiary/aromatic N) is 3. The van der Waals surface area contributed by atoms with E-state index < -0.39 is 0 Å². The number of imidazole rings is 1. The molecular formula is C12H20N4O. The summed E-state index contributed by atoms with van der Waals surface area (Å²) < 4.78 is 2.01. The van der Waals surface area contributed by atoms with Gasteiger partial charge in [0.15, 0.2) is 0 Å². The molecule has 0 radical (unpaired) electrons. The van der Waals surface area contributed by atoms with Crippen LogP contribution in [0.15, 0.2) is 18.7 Å². The normalized spacial score (nSPS) is 20.5. The Bertz CT molecular complexity index is 349. The van der Waals surface area contributed by atoms with E-state index in [1.165, 1.54) is 0 Å². The summed E-state index contributed by atoms with van der Waals surface area (Å²) in [5, 5.41) is 3.29. The Morgan fingerprint density at radius 2 is 2.47 bits per heavy atom. The molecule has 1 aromatic heterocycles. The summed E-state index contributed by atoms with van der Waals surface area (Å²) in [5.41, 5.74) is 0. The van der Waals surface area contributed by atoms with Crippen molar-refractivity contribution in [2.45, 2.75) is 32.4 Å². The third-order valence-corrected chi connectivity index (χ3v) is 3.19. The second-order valence-electron chi connectivity index (χ2n) is 4.54. The first-order chi connectivity index (χ1) is 8.27. The van der Waals surface area contributed by atoms with Crippen molar-refractivity contribution in [2.75, 3.05) is 19.6 Å². The van der Waals surface area contributed by atoms with Crippen LogP contribution in [0.5, 0.6) is 0 Å². The molecule has 17 heavy (non-hydrogen) atoms. The van der Waals surface area contributed by atoms with E-state index in [1.807, 2.05) is 15.7 Å². The lowest BCUT2D eigenvalue weighted by Crippen LogP contribution is -2.52. The van der Waals surface area contributed by atoms with Crippen molar-refractivity contribution in [2.24, 2.45) is 0 Å². The number of carbonyl (C=O) groups is 1. The summed E-state index contributed by atoms with van der Waals surface area (Å²) in [5.74, 6) is 0.277. The number of nitrogens with one attached hydrogen (secondary N) is 1. The van der Waals surface area contributed by atoms with Gasteiger partial charge in [0.2, 0.25) is 5.91 Å². The van der Waals surface area contributed by atoms with E-state index in [4.69, 9.17) is 0 Å². The van der Waals surface area contributed by atoms with Crippen molar-refractivity contribution in [1.29, 1.82) is 0 Å². The van der Waals surface area contributed by atoms with Gasteiger partial charge in [-0.1, -0.05) is 0 Å². The molecule has 0 spiro atoms. The molecule has 0 aromatic carbocycles. The quantitative estimate of drug-likeness (QED) is 0.827. The number of aryl methyl sites for hydroxylation is 1. The van der Waals surface area contributed by atoms with Crippen LogP contribution >= 0.6 is 0 Å². The molecule has 0 aliphatic carbocycles. The lowest BCUT2D eigenvalue weighted by molar-refractivity contribution is -0.134. The molecule has 0 bridgehead atoms. The minimum Gasteiger partial charge on any atom is -0.337 e. The molecule has 0 saturated carbocycles. The van der Waals surface area contributed by atoms with Gasteiger partial charge in [-0.15, -0.1) is 0 Å². The number of hydrogen-bond donors (Lipinski definition) is 1. The van der Waals surface area contributed by atoms with E-state index in [2.05, 4.69) is 17.2 Å². The summed E-state index contributed by atoms with van der Waals surface area (Å²) in [6.45, 7) is 5.63. The molecule has 1 unspecified atom stereocenters. The summed E-state index contributed by atoms with van der Waals surface area (Å²) >= 11 is 0. The minimum absolute atomic E-state index is 0.277. The summed E-state index contributed by atoms with van der Waals surface area (Å²) in [4.78, 5) is 18.0. The smallest absolute Gasteiger partial charge is 0.222 e. The van der Waals surface area contributed by atoms with Crippen molar-refractivity contribution in [1.82, 2.24) is 19.8 Å². The zero-order valence-electron chi connectivity index (χ0n) is 10.3. The molecule has 94 valence electrons. The van der Waals surface area contributed by atoms with Crippen LogP contribution < -0.4 is 5.32 Å². The van der Waals surface area contributed by atoms with Crippen molar-refractivity contribution in [3.8, 4) is 0 Å². The maximum absolute atomic E-state index is 12.0. The highest BCUT2D eigenvalue weighted by molar-refractivity contribution is 5.76. The second kappa shape index (κ2) is 5.82. The average molecular weight is 236 g/mol. The van der Waals surface area contributed by atoms with Crippen LogP contribution in [-0.4, -0.2) is 46.0 Å². The van der Waals surface area contributed by atoms with Gasteiger partial charge in [0, 0.05) is 51.0 Å². The SMILES string of the molecule is CC1CNCCN1C(=O)CCCn1ccnc1. The Kier molecular flexibility index (Phi) is 4.14. The molecule has 1 atom stereocenters. The highest BCUT2D eigenvalue weighted by Crippen LogP contribution is 2.07. The third-order valence-electron chi connectivity index (χ3n) is 3.19. The van der Waals surface area contributed by atoms with Gasteiger partial charge in [-0.25, -0.2) is 4.98 Å². The minimum atomic E-state index is 0.277. The lowest BCUT2D eigenvalue weighted by Gasteiger charge is -2.34. The Labute approximate surface area is 102 Å². The van der Waals surface area contributed by atoms with Gasteiger partial charge in [-0.2, -0.15) is 0 Å². The predicted octanol–water partition coefficient (Wildman–Crippen LogP) is 0.484. The van der Waals surface area contributed by atoms with E-state index in [-0.39, 0.29) is 5.91 Å². The van der Waals surface area contributed by atoms with Crippen LogP contribution in [-0.2, 0) is 11.3 Å². The van der Waals surface area contributed by atoms with Crippen LogP contribution in [0.2, 0.25) is 0 Å². The van der Waals surface area contributed by atoms with Crippen molar-refractivity contribution < 1.29 is 4.79 Å². The third kappa shape index (κ3) is 3.30. The Morgan fingerprint density at radius 1 is 1.59 bits per heavy atom. The van der Waals surface area contributed by atoms with Gasteiger partial charge in [-0.3, -0.25) is 4.79 Å². The van der Waals surface area contributed by atoms with Crippen molar-refractivity contribution >= 4 is 5.91 Å². The highest BCUT2D eigenvalue weighted by atomic mass is 16.2. The van der Waals surface area contributed by atoms with Crippen LogP contribution in [0.25, 0.3) is 0 Å². The molecule has 1 aromatic rings. The Hall–Kier alpha value is -1.36. The molecule has 1 N–H and O–H groups in total. The van der Waals surface area contributed by atoms with Crippen LogP contribution in [0, 0.1) is 0 Å². The fourth-order valence-corrected chi connectivity index (χ4v) is 2.19. The van der Waals surface area contributed by atoms with Gasteiger partial charge < -0.3 is 14.8 Å². The molecule has 5 heteroatoms. The van der Waals surface area contributed by atoms with Gasteiger partial charge >= 0.3 is 0 Å².